The van der Waals surface area contributed by atoms with Gasteiger partial charge in [0.25, 0.3) is 16.1 Å². The first-order chi connectivity index (χ1) is 10.7. The van der Waals surface area contributed by atoms with E-state index >= 15 is 0 Å². The lowest BCUT2D eigenvalue weighted by Crippen LogP contribution is -2.05. The highest BCUT2D eigenvalue weighted by Gasteiger charge is 2.21. The van der Waals surface area contributed by atoms with Crippen molar-refractivity contribution in [2.24, 2.45) is 4.40 Å². The van der Waals surface area contributed by atoms with Gasteiger partial charge in [0.05, 0.1) is 14.7 Å². The van der Waals surface area contributed by atoms with Crippen LogP contribution >= 0.6 is 0 Å². The summed E-state index contributed by atoms with van der Waals surface area (Å²) in [5.41, 5.74) is 1.10. The largest absolute Gasteiger partial charge is 0.292 e. The van der Waals surface area contributed by atoms with Crippen molar-refractivity contribution >= 4 is 25.9 Å². The Morgan fingerprint density at radius 2 is 1.43 bits per heavy atom. The fourth-order valence-corrected chi connectivity index (χ4v) is 4.28. The molecule has 0 N–H and O–H groups in total. The van der Waals surface area contributed by atoms with Gasteiger partial charge in [0, 0.05) is 0 Å². The first kappa shape index (κ1) is 17.1. The zero-order valence-electron chi connectivity index (χ0n) is 12.3. The molecule has 0 aliphatic heterocycles. The summed E-state index contributed by atoms with van der Waals surface area (Å²) in [6, 6.07) is 9.86. The molecule has 0 amide bonds. The molecular formula is C15H13NO5S2. The molecule has 0 unspecified atom stereocenters. The normalized spacial score (nSPS) is 11.7. The number of hydrogen-bond acceptors (Lipinski definition) is 5. The van der Waals surface area contributed by atoms with E-state index < -0.39 is 19.9 Å². The fraction of sp³-hybridized carbons (Fsp3) is 0.133. The van der Waals surface area contributed by atoms with E-state index in [0.29, 0.717) is 0 Å². The van der Waals surface area contributed by atoms with Crippen LogP contribution in [0, 0.1) is 13.8 Å². The van der Waals surface area contributed by atoms with Gasteiger partial charge < -0.3 is 0 Å². The summed E-state index contributed by atoms with van der Waals surface area (Å²) >= 11 is 0. The van der Waals surface area contributed by atoms with Gasteiger partial charge in [-0.15, -0.1) is 0 Å². The average Bonchev–Trinajstić information content (AvgIpc) is 2.47. The summed E-state index contributed by atoms with van der Waals surface area (Å²) < 4.78 is 51.3. The number of sulfone groups is 1. The Morgan fingerprint density at radius 1 is 0.870 bits per heavy atom. The van der Waals surface area contributed by atoms with Gasteiger partial charge in [0.15, 0.2) is 0 Å². The Morgan fingerprint density at radius 3 is 1.96 bits per heavy atom. The van der Waals surface area contributed by atoms with Gasteiger partial charge in [-0.3, -0.25) is 0 Å². The van der Waals surface area contributed by atoms with Gasteiger partial charge in [-0.05, 0) is 49.7 Å². The van der Waals surface area contributed by atoms with E-state index in [2.05, 4.69) is 4.40 Å². The molecule has 0 fully saturated rings. The molecule has 0 radical (unpaired) electrons. The van der Waals surface area contributed by atoms with Gasteiger partial charge in [-0.25, -0.2) is 13.2 Å². The lowest BCUT2D eigenvalue weighted by molar-refractivity contribution is 0.563. The van der Waals surface area contributed by atoms with Crippen LogP contribution in [0.3, 0.4) is 0 Å². The van der Waals surface area contributed by atoms with E-state index in [1.165, 1.54) is 31.2 Å². The fourth-order valence-electron chi connectivity index (χ4n) is 2.03. The third-order valence-electron chi connectivity index (χ3n) is 3.22. The van der Waals surface area contributed by atoms with E-state index in [1.54, 1.807) is 12.1 Å². The van der Waals surface area contributed by atoms with Crippen molar-refractivity contribution in [3.63, 3.8) is 0 Å². The molecular weight excluding hydrogens is 338 g/mol. The van der Waals surface area contributed by atoms with Crippen molar-refractivity contribution in [2.45, 2.75) is 28.5 Å². The molecule has 0 atom stereocenters. The van der Waals surface area contributed by atoms with Gasteiger partial charge in [-0.2, -0.15) is 8.42 Å². The molecule has 8 heteroatoms. The SMILES string of the molecule is Cc1ccc(S(=O)(=O)c2ccc(S(=O)(=O)N=C=O)c(C)c2)cc1. The lowest BCUT2D eigenvalue weighted by Gasteiger charge is -2.08. The molecule has 0 aliphatic carbocycles. The Hall–Kier alpha value is -2.28. The molecule has 2 aromatic rings. The van der Waals surface area contributed by atoms with Crippen LogP contribution in [0.4, 0.5) is 0 Å². The van der Waals surface area contributed by atoms with Crippen molar-refractivity contribution in [1.29, 1.82) is 0 Å². The Balaban J connectivity index is 2.56. The smallest absolute Gasteiger partial charge is 0.219 e. The molecule has 0 aliphatic rings. The third-order valence-corrected chi connectivity index (χ3v) is 6.32. The standard InChI is InChI=1S/C15H13NO5S2/c1-11-3-5-13(6-4-11)22(18,19)14-7-8-15(12(2)9-14)23(20,21)16-10-17/h3-9H,1-2H3. The van der Waals surface area contributed by atoms with Crippen LogP contribution < -0.4 is 0 Å². The van der Waals surface area contributed by atoms with Gasteiger partial charge in [-0.1, -0.05) is 22.1 Å². The maximum absolute atomic E-state index is 12.5. The average molecular weight is 351 g/mol. The summed E-state index contributed by atoms with van der Waals surface area (Å²) in [5, 5.41) is 0. The van der Waals surface area contributed by atoms with Crippen LogP contribution in [0.5, 0.6) is 0 Å². The molecule has 0 spiro atoms. The second-order valence-electron chi connectivity index (χ2n) is 4.90. The van der Waals surface area contributed by atoms with E-state index in [0.717, 1.165) is 17.7 Å². The van der Waals surface area contributed by atoms with Gasteiger partial charge >= 0.3 is 0 Å². The molecule has 0 saturated carbocycles. The van der Waals surface area contributed by atoms with Crippen LogP contribution in [-0.2, 0) is 24.7 Å². The minimum atomic E-state index is -4.17. The predicted molar refractivity (Wildman–Crippen MR) is 83.1 cm³/mol. The highest BCUT2D eigenvalue weighted by molar-refractivity contribution is 7.91. The quantitative estimate of drug-likeness (QED) is 0.621. The first-order valence-electron chi connectivity index (χ1n) is 6.45. The number of rotatable bonds is 4. The number of aryl methyl sites for hydroxylation is 2. The van der Waals surface area contributed by atoms with E-state index in [9.17, 15) is 21.6 Å². The van der Waals surface area contributed by atoms with Crippen LogP contribution in [-0.4, -0.2) is 22.9 Å². The molecule has 0 heterocycles. The van der Waals surface area contributed by atoms with Crippen molar-refractivity contribution in [2.75, 3.05) is 0 Å². The molecule has 0 bridgehead atoms. The van der Waals surface area contributed by atoms with Crippen LogP contribution in [0.2, 0.25) is 0 Å². The number of isocyanates is 1. The number of sulfonamides is 1. The minimum absolute atomic E-state index is 0.0344. The van der Waals surface area contributed by atoms with E-state index in [1.807, 2.05) is 6.92 Å². The molecule has 0 aromatic heterocycles. The van der Waals surface area contributed by atoms with Crippen LogP contribution in [0.1, 0.15) is 11.1 Å². The molecule has 120 valence electrons. The third kappa shape index (κ3) is 3.39. The summed E-state index contributed by atoms with van der Waals surface area (Å²) in [6.45, 7) is 3.27. The molecule has 6 nitrogen and oxygen atoms in total. The number of benzene rings is 2. The zero-order valence-corrected chi connectivity index (χ0v) is 14.0. The van der Waals surface area contributed by atoms with Crippen molar-refractivity contribution in [1.82, 2.24) is 0 Å². The monoisotopic (exact) mass is 351 g/mol. The summed E-state index contributed by atoms with van der Waals surface area (Å²) in [6.07, 6.45) is 0.978. The van der Waals surface area contributed by atoms with Gasteiger partial charge in [0.1, 0.15) is 0 Å². The number of hydrogen-bond donors (Lipinski definition) is 0. The topological polar surface area (TPSA) is 97.7 Å². The number of carbonyl (C=O) groups excluding carboxylic acids is 1. The zero-order chi connectivity index (χ0) is 17.3. The summed E-state index contributed by atoms with van der Waals surface area (Å²) in [5.74, 6) is 0. The lowest BCUT2D eigenvalue weighted by atomic mass is 10.2. The predicted octanol–water partition coefficient (Wildman–Crippen LogP) is 2.16. The highest BCUT2D eigenvalue weighted by Crippen LogP contribution is 2.25. The highest BCUT2D eigenvalue weighted by atomic mass is 32.2. The van der Waals surface area contributed by atoms with Crippen molar-refractivity contribution in [3.05, 3.63) is 53.6 Å². The molecule has 23 heavy (non-hydrogen) atoms. The molecule has 0 saturated heterocycles. The van der Waals surface area contributed by atoms with E-state index in [4.69, 9.17) is 0 Å². The minimum Gasteiger partial charge on any atom is -0.219 e. The van der Waals surface area contributed by atoms with Crippen LogP contribution in [0.15, 0.2) is 61.5 Å². The Labute approximate surface area is 134 Å². The Kier molecular flexibility index (Phi) is 4.51. The maximum Gasteiger partial charge on any atom is 0.292 e. The van der Waals surface area contributed by atoms with Crippen molar-refractivity contribution < 1.29 is 21.6 Å². The summed E-state index contributed by atoms with van der Waals surface area (Å²) in [4.78, 5) is 10.0. The summed E-state index contributed by atoms with van der Waals surface area (Å²) in [7, 11) is -7.92. The molecule has 2 rings (SSSR count). The second-order valence-corrected chi connectivity index (χ2v) is 8.42. The second kappa shape index (κ2) is 6.08. The van der Waals surface area contributed by atoms with E-state index in [-0.39, 0.29) is 20.2 Å². The Bertz CT molecular complexity index is 1000. The molecule has 2 aromatic carbocycles. The maximum atomic E-state index is 12.5. The first-order valence-corrected chi connectivity index (χ1v) is 9.37. The number of nitrogens with zero attached hydrogens (tertiary/aromatic N) is 1. The van der Waals surface area contributed by atoms with Gasteiger partial charge in [0.2, 0.25) is 9.84 Å². The van der Waals surface area contributed by atoms with Crippen molar-refractivity contribution in [3.8, 4) is 0 Å². The van der Waals surface area contributed by atoms with Crippen LogP contribution in [0.25, 0.3) is 0 Å².